The molecule has 1 aromatic rings. The monoisotopic (exact) mass is 578 g/mol. The summed E-state index contributed by atoms with van der Waals surface area (Å²) < 4.78 is 4.51. The van der Waals surface area contributed by atoms with E-state index in [0.29, 0.717) is 5.69 Å². The van der Waals surface area contributed by atoms with Crippen LogP contribution in [0.3, 0.4) is 0 Å². The maximum atomic E-state index is 14.4. The predicted octanol–water partition coefficient (Wildman–Crippen LogP) is -2.60. The van der Waals surface area contributed by atoms with Gasteiger partial charge in [-0.1, -0.05) is 5.92 Å². The molecule has 2 fully saturated rings. The number of nitrogens with two attached hydrogens (primary N) is 3. The summed E-state index contributed by atoms with van der Waals surface area (Å²) in [6.45, 7) is 0. The number of phenols is 1. The van der Waals surface area contributed by atoms with Crippen molar-refractivity contribution < 1.29 is 38.6 Å². The maximum Gasteiger partial charge on any atom is 0.384 e. The van der Waals surface area contributed by atoms with Crippen molar-refractivity contribution in [3.05, 3.63) is 22.8 Å². The number of carbonyl (C=O) groups is 6. The molecule has 14 heteroatoms. The van der Waals surface area contributed by atoms with Gasteiger partial charge in [-0.25, -0.2) is 4.79 Å². The van der Waals surface area contributed by atoms with E-state index in [1.54, 1.807) is 25.1 Å². The number of ether oxygens (including phenoxy) is 1. The van der Waals surface area contributed by atoms with Crippen molar-refractivity contribution in [2.45, 2.75) is 30.0 Å². The van der Waals surface area contributed by atoms with Crippen molar-refractivity contribution in [3.8, 4) is 23.7 Å². The van der Waals surface area contributed by atoms with Crippen LogP contribution >= 0.6 is 0 Å². The fourth-order valence-corrected chi connectivity index (χ4v) is 6.92. The highest BCUT2D eigenvalue weighted by Gasteiger charge is 2.78. The number of rotatable bonds is 3. The Kier molecular flexibility index (Phi) is 7.03. The molecule has 6 atom stereocenters. The van der Waals surface area contributed by atoms with E-state index in [4.69, 9.17) is 17.2 Å². The number of carbonyl (C=O) groups excluding carboxylic acids is 6. The average Bonchev–Trinajstić information content (AvgIpc) is 2.86. The first-order valence-corrected chi connectivity index (χ1v) is 12.7. The molecule has 0 spiro atoms. The average molecular weight is 579 g/mol. The normalized spacial score (nSPS) is 31.6. The number of benzene rings is 1. The Bertz CT molecular complexity index is 1600. The van der Waals surface area contributed by atoms with Gasteiger partial charge in [-0.05, 0) is 38.6 Å². The van der Waals surface area contributed by atoms with E-state index >= 15 is 0 Å². The lowest BCUT2D eigenvalue weighted by molar-refractivity contribution is -0.166. The number of nitrogens with zero attached hydrogens (tertiary/aromatic N) is 3. The molecule has 0 bridgehead atoms. The number of esters is 1. The van der Waals surface area contributed by atoms with Gasteiger partial charge in [-0.3, -0.25) is 28.9 Å². The molecule has 42 heavy (non-hydrogen) atoms. The van der Waals surface area contributed by atoms with Gasteiger partial charge in [0.2, 0.25) is 5.91 Å². The molecule has 4 rings (SSSR count). The third kappa shape index (κ3) is 3.76. The number of primary amides is 1. The van der Waals surface area contributed by atoms with Gasteiger partial charge in [-0.2, -0.15) is 5.26 Å². The zero-order valence-electron chi connectivity index (χ0n) is 23.6. The molecule has 7 N–H and O–H groups in total. The lowest BCUT2D eigenvalue weighted by Gasteiger charge is -2.60. The van der Waals surface area contributed by atoms with E-state index < -0.39 is 81.6 Å². The van der Waals surface area contributed by atoms with Gasteiger partial charge in [0, 0.05) is 31.2 Å². The number of phenolic OH excluding ortho intramolecular Hbond substituents is 1. The SMILES string of the molecule is COC(=O)C#Cc1cc(N(C)C)c2c(c1O)C(=O)C1C(=O)[C@]3(C#N)C(=O)C(C(N)=O)C(=O)[C@@H](N(C)C)[C@]3(N)C[C@]1(N)C2. The van der Waals surface area contributed by atoms with Crippen LogP contribution < -0.4 is 22.1 Å². The summed E-state index contributed by atoms with van der Waals surface area (Å²) in [6.07, 6.45) is -0.767. The maximum absolute atomic E-state index is 14.4. The number of aromatic hydroxyl groups is 1. The molecule has 2 unspecified atom stereocenters. The van der Waals surface area contributed by atoms with Crippen LogP contribution in [0.5, 0.6) is 5.75 Å². The van der Waals surface area contributed by atoms with Gasteiger partial charge < -0.3 is 31.9 Å². The van der Waals surface area contributed by atoms with Crippen LogP contribution in [0.1, 0.15) is 27.9 Å². The largest absolute Gasteiger partial charge is 0.506 e. The summed E-state index contributed by atoms with van der Waals surface area (Å²) in [5.74, 6) is -7.03. The number of methoxy groups -OCH3 is 1. The Labute approximate surface area is 240 Å². The van der Waals surface area contributed by atoms with Gasteiger partial charge in [0.05, 0.1) is 35.9 Å². The van der Waals surface area contributed by atoms with Crippen LogP contribution in [-0.2, 0) is 35.1 Å². The second kappa shape index (κ2) is 9.73. The van der Waals surface area contributed by atoms with Crippen molar-refractivity contribution in [2.75, 3.05) is 40.2 Å². The third-order valence-corrected chi connectivity index (χ3v) is 8.53. The lowest BCUT2D eigenvalue weighted by atomic mass is 9.42. The minimum Gasteiger partial charge on any atom is -0.506 e. The minimum absolute atomic E-state index is 0.132. The van der Waals surface area contributed by atoms with Crippen molar-refractivity contribution in [1.29, 1.82) is 5.26 Å². The molecule has 1 amide bonds. The second-order valence-corrected chi connectivity index (χ2v) is 11.4. The summed E-state index contributed by atoms with van der Waals surface area (Å²) >= 11 is 0. The molecular weight excluding hydrogens is 548 g/mol. The molecule has 0 heterocycles. The molecule has 3 aliphatic carbocycles. The fourth-order valence-electron chi connectivity index (χ4n) is 6.92. The van der Waals surface area contributed by atoms with Crippen LogP contribution in [-0.4, -0.2) is 97.4 Å². The van der Waals surface area contributed by atoms with Crippen LogP contribution in [0.4, 0.5) is 5.69 Å². The number of ketones is 4. The standard InChI is InChI=1S/C28H30N6O8/c1-33(2)14-8-12(6-7-15(35)42-5)19(36)16-13(14)9-26(31)10-28(32)22(34(3)4)21(38)17(25(30)41)23(39)27(28,11-29)24(40)18(26)20(16)37/h8,17-18,22,36H,9-10,31-32H2,1-5H3,(H2,30,41)/t17?,18?,22-,26-,27+,28-/m1/s1. The minimum atomic E-state index is -2.85. The summed E-state index contributed by atoms with van der Waals surface area (Å²) in [6, 6.07) is 1.58. The van der Waals surface area contributed by atoms with Gasteiger partial charge >= 0.3 is 5.97 Å². The van der Waals surface area contributed by atoms with Crippen molar-refractivity contribution in [2.24, 2.45) is 34.5 Å². The summed E-state index contributed by atoms with van der Waals surface area (Å²) in [5, 5.41) is 21.6. The van der Waals surface area contributed by atoms with Crippen LogP contribution in [0.25, 0.3) is 0 Å². The first kappa shape index (κ1) is 30.3. The molecule has 2 saturated carbocycles. The number of fused-ring (bicyclic) bond motifs is 3. The molecule has 3 aliphatic rings. The first-order valence-electron chi connectivity index (χ1n) is 12.7. The van der Waals surface area contributed by atoms with Gasteiger partial charge in [-0.15, -0.1) is 0 Å². The molecular formula is C28H30N6O8. The van der Waals surface area contributed by atoms with E-state index in [2.05, 4.69) is 16.6 Å². The van der Waals surface area contributed by atoms with Gasteiger partial charge in [0.1, 0.15) is 11.7 Å². The van der Waals surface area contributed by atoms with E-state index in [1.807, 2.05) is 0 Å². The summed E-state index contributed by atoms with van der Waals surface area (Å²) in [4.78, 5) is 82.7. The van der Waals surface area contributed by atoms with E-state index in [-0.39, 0.29) is 23.1 Å². The van der Waals surface area contributed by atoms with Crippen molar-refractivity contribution >= 4 is 40.7 Å². The highest BCUT2D eigenvalue weighted by molar-refractivity contribution is 6.33. The number of hydrogen-bond acceptors (Lipinski definition) is 13. The highest BCUT2D eigenvalue weighted by atomic mass is 16.5. The van der Waals surface area contributed by atoms with E-state index in [0.717, 1.165) is 7.11 Å². The highest BCUT2D eigenvalue weighted by Crippen LogP contribution is 2.57. The second-order valence-electron chi connectivity index (χ2n) is 11.4. The Morgan fingerprint density at radius 1 is 1.12 bits per heavy atom. The van der Waals surface area contributed by atoms with Crippen LogP contribution in [0.15, 0.2) is 6.07 Å². The molecule has 1 aromatic carbocycles. The van der Waals surface area contributed by atoms with Gasteiger partial charge in [0.25, 0.3) is 0 Å². The number of nitriles is 1. The van der Waals surface area contributed by atoms with E-state index in [1.165, 1.54) is 25.1 Å². The van der Waals surface area contributed by atoms with Crippen molar-refractivity contribution in [1.82, 2.24) is 4.90 Å². The molecule has 0 aliphatic heterocycles. The van der Waals surface area contributed by atoms with E-state index in [9.17, 15) is 39.1 Å². The predicted molar refractivity (Wildman–Crippen MR) is 145 cm³/mol. The molecule has 0 aromatic heterocycles. The third-order valence-electron chi connectivity index (χ3n) is 8.53. The first-order chi connectivity index (χ1) is 19.4. The Morgan fingerprint density at radius 2 is 1.74 bits per heavy atom. The Morgan fingerprint density at radius 3 is 2.24 bits per heavy atom. The topological polar surface area (TPSA) is 240 Å². The number of hydrogen-bond donors (Lipinski definition) is 4. The summed E-state index contributed by atoms with van der Waals surface area (Å²) in [7, 11) is 7.25. The Balaban J connectivity index is 2.04. The van der Waals surface area contributed by atoms with Crippen LogP contribution in [0, 0.1) is 40.4 Å². The number of likely N-dealkylation sites (N-methyl/N-ethyl adjacent to an activating group) is 1. The van der Waals surface area contributed by atoms with Crippen LogP contribution in [0.2, 0.25) is 0 Å². The summed E-state index contributed by atoms with van der Waals surface area (Å²) in [5.41, 5.74) is 12.2. The zero-order valence-corrected chi connectivity index (χ0v) is 23.6. The molecule has 0 saturated heterocycles. The number of amides is 1. The fraction of sp³-hybridized carbons (Fsp3) is 0.464. The molecule has 14 nitrogen and oxygen atoms in total. The lowest BCUT2D eigenvalue weighted by Crippen LogP contribution is -2.85. The smallest absolute Gasteiger partial charge is 0.384 e. The number of anilines is 1. The van der Waals surface area contributed by atoms with Gasteiger partial charge in [0.15, 0.2) is 34.5 Å². The zero-order chi connectivity index (χ0) is 31.7. The number of Topliss-reactive ketones (excluding diaryl/α,β-unsaturated/α-hetero) is 4. The quantitative estimate of drug-likeness (QED) is 0.164. The molecule has 220 valence electrons. The Hall–Kier alpha value is -4.63. The molecule has 0 radical (unpaired) electrons. The van der Waals surface area contributed by atoms with Crippen molar-refractivity contribution in [3.63, 3.8) is 0 Å².